The number of nitrogen functional groups attached to an aromatic ring is 1. The van der Waals surface area contributed by atoms with Crippen LogP contribution in [0.2, 0.25) is 0 Å². The lowest BCUT2D eigenvalue weighted by Gasteiger charge is -2.10. The Labute approximate surface area is 77.7 Å². The molecule has 0 saturated heterocycles. The Morgan fingerprint density at radius 3 is 2.92 bits per heavy atom. The number of nitrogens with two attached hydrogens (primary N) is 1. The number of aliphatic hydroxyl groups is 1. The molecule has 1 aromatic carbocycles. The summed E-state index contributed by atoms with van der Waals surface area (Å²) in [5, 5.41) is 8.54. The normalized spacial score (nSPS) is 10.0. The minimum Gasteiger partial charge on any atom is -0.399 e. The maximum Gasteiger partial charge on any atom is 0.0574 e. The fourth-order valence-corrected chi connectivity index (χ4v) is 0.988. The molecular weight excluding hydrogens is 166 g/mol. The van der Waals surface area contributed by atoms with Gasteiger partial charge in [0, 0.05) is 12.2 Å². The molecule has 4 nitrogen and oxygen atoms in total. The first-order valence-electron chi connectivity index (χ1n) is 4.20. The van der Waals surface area contributed by atoms with Crippen LogP contribution in [-0.2, 0) is 0 Å². The molecule has 13 heavy (non-hydrogen) atoms. The molecule has 0 heterocycles. The minimum absolute atomic E-state index is 0.106. The second-order valence-electron chi connectivity index (χ2n) is 2.85. The fraction of sp³-hybridized carbons (Fsp3) is 0.333. The van der Waals surface area contributed by atoms with Gasteiger partial charge in [-0.15, -0.1) is 0 Å². The summed E-state index contributed by atoms with van der Waals surface area (Å²) in [6, 6.07) is 5.64. The van der Waals surface area contributed by atoms with Crippen LogP contribution in [0.4, 0.5) is 11.4 Å². The van der Waals surface area contributed by atoms with Gasteiger partial charge in [0.2, 0.25) is 0 Å². The molecule has 0 atom stereocenters. The molecule has 0 spiro atoms. The van der Waals surface area contributed by atoms with Crippen molar-refractivity contribution in [3.05, 3.63) is 23.8 Å². The molecule has 1 rings (SSSR count). The predicted molar refractivity (Wildman–Crippen MR) is 54.3 cm³/mol. The Morgan fingerprint density at radius 1 is 1.46 bits per heavy atom. The van der Waals surface area contributed by atoms with Gasteiger partial charge in [0.25, 0.3) is 0 Å². The van der Waals surface area contributed by atoms with Crippen LogP contribution in [-0.4, -0.2) is 18.3 Å². The molecule has 0 aliphatic heterocycles. The predicted octanol–water partition coefficient (Wildman–Crippen LogP) is 0.486. The molecule has 0 aromatic heterocycles. The summed E-state index contributed by atoms with van der Waals surface area (Å²) < 4.78 is 0. The van der Waals surface area contributed by atoms with Crippen molar-refractivity contribution in [3.8, 4) is 0 Å². The van der Waals surface area contributed by atoms with Gasteiger partial charge in [-0.1, -0.05) is 6.07 Å². The number of anilines is 2. The Hall–Kier alpha value is -1.26. The van der Waals surface area contributed by atoms with E-state index < -0.39 is 0 Å². The van der Waals surface area contributed by atoms with Crippen LogP contribution in [0.25, 0.3) is 0 Å². The highest BCUT2D eigenvalue weighted by Gasteiger charge is 1.96. The summed E-state index contributed by atoms with van der Waals surface area (Å²) in [7, 11) is 0. The number of hydrogen-bond acceptors (Lipinski definition) is 4. The molecular formula is C9H15N3O. The van der Waals surface area contributed by atoms with Gasteiger partial charge in [-0.3, -0.25) is 0 Å². The molecule has 4 heteroatoms. The third-order valence-electron chi connectivity index (χ3n) is 1.72. The topological polar surface area (TPSA) is 70.3 Å². The van der Waals surface area contributed by atoms with E-state index in [0.29, 0.717) is 6.54 Å². The first kappa shape index (κ1) is 9.83. The van der Waals surface area contributed by atoms with Gasteiger partial charge in [0.1, 0.15) is 0 Å². The zero-order valence-electron chi connectivity index (χ0n) is 7.67. The summed E-state index contributed by atoms with van der Waals surface area (Å²) >= 11 is 0. The Bertz CT molecular complexity index is 276. The molecule has 0 unspecified atom stereocenters. The minimum atomic E-state index is 0.106. The summed E-state index contributed by atoms with van der Waals surface area (Å²) in [5.74, 6) is 0. The van der Waals surface area contributed by atoms with Crippen LogP contribution in [0.5, 0.6) is 0 Å². The lowest BCUT2D eigenvalue weighted by Crippen LogP contribution is -2.25. The number of benzene rings is 1. The van der Waals surface area contributed by atoms with Gasteiger partial charge in [-0.05, 0) is 24.6 Å². The number of nitrogens with one attached hydrogen (secondary N) is 2. The standard InChI is InChI=1S/C9H15N3O/c1-7-2-3-8(10)6-9(7)12-11-4-5-13/h2-3,6,11-13H,4-5,10H2,1H3. The van der Waals surface area contributed by atoms with Gasteiger partial charge >= 0.3 is 0 Å². The molecule has 0 saturated carbocycles. The van der Waals surface area contributed by atoms with Crippen LogP contribution in [0, 0.1) is 6.92 Å². The average molecular weight is 181 g/mol. The van der Waals surface area contributed by atoms with E-state index in [1.165, 1.54) is 0 Å². The zero-order chi connectivity index (χ0) is 9.68. The summed E-state index contributed by atoms with van der Waals surface area (Å²) in [6.07, 6.45) is 0. The summed E-state index contributed by atoms with van der Waals surface area (Å²) in [4.78, 5) is 0. The van der Waals surface area contributed by atoms with Crippen molar-refractivity contribution in [1.82, 2.24) is 5.43 Å². The van der Waals surface area contributed by atoms with Gasteiger partial charge in [0.15, 0.2) is 0 Å². The van der Waals surface area contributed by atoms with E-state index in [9.17, 15) is 0 Å². The van der Waals surface area contributed by atoms with Crippen molar-refractivity contribution in [2.75, 3.05) is 24.3 Å². The van der Waals surface area contributed by atoms with E-state index in [0.717, 1.165) is 16.9 Å². The SMILES string of the molecule is Cc1ccc(N)cc1NNCCO. The molecule has 0 radical (unpaired) electrons. The lowest BCUT2D eigenvalue weighted by molar-refractivity contribution is 0.296. The Balaban J connectivity index is 2.59. The van der Waals surface area contributed by atoms with Gasteiger partial charge in [0.05, 0.1) is 12.3 Å². The first-order chi connectivity index (χ1) is 6.24. The lowest BCUT2D eigenvalue weighted by atomic mass is 10.2. The molecule has 5 N–H and O–H groups in total. The van der Waals surface area contributed by atoms with Crippen molar-refractivity contribution < 1.29 is 5.11 Å². The maximum atomic E-state index is 8.54. The van der Waals surface area contributed by atoms with Crippen LogP contribution in [0.1, 0.15) is 5.56 Å². The number of hydrogen-bond donors (Lipinski definition) is 4. The van der Waals surface area contributed by atoms with E-state index in [4.69, 9.17) is 10.8 Å². The van der Waals surface area contributed by atoms with Crippen LogP contribution in [0.3, 0.4) is 0 Å². The fourth-order valence-electron chi connectivity index (χ4n) is 0.988. The van der Waals surface area contributed by atoms with E-state index in [2.05, 4.69) is 10.9 Å². The summed E-state index contributed by atoms with van der Waals surface area (Å²) in [5.41, 5.74) is 14.2. The van der Waals surface area contributed by atoms with Crippen molar-refractivity contribution in [2.24, 2.45) is 0 Å². The van der Waals surface area contributed by atoms with E-state index in [1.54, 1.807) is 0 Å². The van der Waals surface area contributed by atoms with E-state index in [1.807, 2.05) is 25.1 Å². The van der Waals surface area contributed by atoms with Gasteiger partial charge < -0.3 is 16.3 Å². The van der Waals surface area contributed by atoms with Gasteiger partial charge in [-0.25, -0.2) is 5.43 Å². The largest absolute Gasteiger partial charge is 0.399 e. The average Bonchev–Trinajstić information content (AvgIpc) is 2.11. The molecule has 0 aliphatic rings. The first-order valence-corrected chi connectivity index (χ1v) is 4.20. The number of aryl methyl sites for hydroxylation is 1. The van der Waals surface area contributed by atoms with Crippen LogP contribution < -0.4 is 16.6 Å². The van der Waals surface area contributed by atoms with Gasteiger partial charge in [-0.2, -0.15) is 0 Å². The van der Waals surface area contributed by atoms with Crippen LogP contribution in [0.15, 0.2) is 18.2 Å². The van der Waals surface area contributed by atoms with Crippen LogP contribution >= 0.6 is 0 Å². The third-order valence-corrected chi connectivity index (χ3v) is 1.72. The second-order valence-corrected chi connectivity index (χ2v) is 2.85. The summed E-state index contributed by atoms with van der Waals surface area (Å²) in [6.45, 7) is 2.60. The van der Waals surface area contributed by atoms with Crippen molar-refractivity contribution in [3.63, 3.8) is 0 Å². The van der Waals surface area contributed by atoms with E-state index in [-0.39, 0.29) is 6.61 Å². The smallest absolute Gasteiger partial charge is 0.0574 e. The monoisotopic (exact) mass is 181 g/mol. The highest BCUT2D eigenvalue weighted by atomic mass is 16.3. The number of hydrazine groups is 1. The second kappa shape index (κ2) is 4.69. The van der Waals surface area contributed by atoms with Crippen molar-refractivity contribution >= 4 is 11.4 Å². The highest BCUT2D eigenvalue weighted by Crippen LogP contribution is 2.16. The molecule has 1 aromatic rings. The van der Waals surface area contributed by atoms with Crippen molar-refractivity contribution in [1.29, 1.82) is 0 Å². The molecule has 0 fully saturated rings. The Morgan fingerprint density at radius 2 is 2.23 bits per heavy atom. The number of rotatable bonds is 4. The highest BCUT2D eigenvalue weighted by molar-refractivity contribution is 5.58. The molecule has 0 aliphatic carbocycles. The zero-order valence-corrected chi connectivity index (χ0v) is 7.67. The molecule has 0 bridgehead atoms. The molecule has 72 valence electrons. The maximum absolute atomic E-state index is 8.54. The quantitative estimate of drug-likeness (QED) is 0.310. The van der Waals surface area contributed by atoms with E-state index >= 15 is 0 Å². The number of aliphatic hydroxyl groups excluding tert-OH is 1. The van der Waals surface area contributed by atoms with Crippen molar-refractivity contribution in [2.45, 2.75) is 6.92 Å². The third kappa shape index (κ3) is 2.93. The molecule has 0 amide bonds. The Kier molecular flexibility index (Phi) is 3.54.